The second kappa shape index (κ2) is 7.30. The van der Waals surface area contributed by atoms with Crippen LogP contribution in [0.15, 0.2) is 0 Å². The summed E-state index contributed by atoms with van der Waals surface area (Å²) in [7, 11) is 0. The smallest absolute Gasteiger partial charge is 0.308 e. The zero-order chi connectivity index (χ0) is 12.7. The summed E-state index contributed by atoms with van der Waals surface area (Å²) in [6.45, 7) is 2.09. The molecular formula is C13H23NO3. The topological polar surface area (TPSA) is 66.4 Å². The predicted molar refractivity (Wildman–Crippen MR) is 65.6 cm³/mol. The van der Waals surface area contributed by atoms with Gasteiger partial charge < -0.3 is 10.4 Å². The molecule has 1 rings (SSSR count). The van der Waals surface area contributed by atoms with Crippen molar-refractivity contribution in [3.63, 3.8) is 0 Å². The van der Waals surface area contributed by atoms with E-state index in [9.17, 15) is 9.59 Å². The fourth-order valence-corrected chi connectivity index (χ4v) is 2.37. The van der Waals surface area contributed by atoms with Crippen molar-refractivity contribution in [3.8, 4) is 0 Å². The molecule has 2 N–H and O–H groups in total. The van der Waals surface area contributed by atoms with Gasteiger partial charge in [0, 0.05) is 13.0 Å². The molecule has 0 saturated heterocycles. The highest BCUT2D eigenvalue weighted by Gasteiger charge is 2.19. The number of nitrogens with one attached hydrogen (secondary N) is 1. The monoisotopic (exact) mass is 241 g/mol. The summed E-state index contributed by atoms with van der Waals surface area (Å²) in [5, 5.41) is 11.6. The number of hydrogen-bond donors (Lipinski definition) is 2. The first-order chi connectivity index (χ1) is 8.13. The molecule has 0 aromatic heterocycles. The van der Waals surface area contributed by atoms with Gasteiger partial charge in [0.15, 0.2) is 0 Å². The van der Waals surface area contributed by atoms with Crippen LogP contribution in [0.5, 0.6) is 0 Å². The zero-order valence-corrected chi connectivity index (χ0v) is 10.6. The van der Waals surface area contributed by atoms with Gasteiger partial charge in [-0.25, -0.2) is 0 Å². The first-order valence-electron chi connectivity index (χ1n) is 6.63. The molecule has 1 unspecified atom stereocenters. The molecule has 1 aliphatic carbocycles. The highest BCUT2D eigenvalue weighted by Crippen LogP contribution is 2.26. The van der Waals surface area contributed by atoms with E-state index < -0.39 is 11.9 Å². The minimum atomic E-state index is -0.828. The van der Waals surface area contributed by atoms with Crippen LogP contribution in [-0.2, 0) is 9.59 Å². The molecule has 0 radical (unpaired) electrons. The van der Waals surface area contributed by atoms with Crippen LogP contribution in [0, 0.1) is 11.8 Å². The summed E-state index contributed by atoms with van der Waals surface area (Å²) >= 11 is 0. The maximum Gasteiger partial charge on any atom is 0.308 e. The van der Waals surface area contributed by atoms with E-state index in [0.29, 0.717) is 18.8 Å². The molecule has 0 heterocycles. The first-order valence-corrected chi connectivity index (χ1v) is 6.63. The van der Waals surface area contributed by atoms with Crippen LogP contribution in [0.1, 0.15) is 51.9 Å². The van der Waals surface area contributed by atoms with Crippen molar-refractivity contribution in [2.75, 3.05) is 6.54 Å². The highest BCUT2D eigenvalue weighted by atomic mass is 16.4. The van der Waals surface area contributed by atoms with Gasteiger partial charge in [0.2, 0.25) is 5.91 Å². The lowest BCUT2D eigenvalue weighted by molar-refractivity contribution is -0.141. The Morgan fingerprint density at radius 2 is 1.94 bits per heavy atom. The van der Waals surface area contributed by atoms with Gasteiger partial charge in [-0.15, -0.1) is 0 Å². The molecule has 4 heteroatoms. The summed E-state index contributed by atoms with van der Waals surface area (Å²) in [5.74, 6) is -0.763. The molecular weight excluding hydrogens is 218 g/mol. The number of aliphatic carboxylic acids is 1. The Morgan fingerprint density at radius 3 is 2.47 bits per heavy atom. The minimum absolute atomic E-state index is 0.0107. The third-order valence-corrected chi connectivity index (χ3v) is 3.59. The average molecular weight is 241 g/mol. The largest absolute Gasteiger partial charge is 0.481 e. The fraction of sp³-hybridized carbons (Fsp3) is 0.846. The van der Waals surface area contributed by atoms with Gasteiger partial charge in [-0.05, 0) is 25.2 Å². The summed E-state index contributed by atoms with van der Waals surface area (Å²) in [6.07, 6.45) is 7.15. The second-order valence-electron chi connectivity index (χ2n) is 4.96. The van der Waals surface area contributed by atoms with E-state index in [4.69, 9.17) is 5.11 Å². The Kier molecular flexibility index (Phi) is 6.01. The summed E-state index contributed by atoms with van der Waals surface area (Å²) < 4.78 is 0. The van der Waals surface area contributed by atoms with Crippen molar-refractivity contribution in [1.29, 1.82) is 0 Å². The van der Waals surface area contributed by atoms with Gasteiger partial charge in [-0.1, -0.05) is 26.2 Å². The van der Waals surface area contributed by atoms with E-state index in [1.54, 1.807) is 0 Å². The number of carbonyl (C=O) groups is 2. The van der Waals surface area contributed by atoms with Crippen molar-refractivity contribution < 1.29 is 14.7 Å². The molecule has 0 bridgehead atoms. The van der Waals surface area contributed by atoms with Gasteiger partial charge in [-0.2, -0.15) is 0 Å². The molecule has 0 spiro atoms. The molecule has 0 aromatic rings. The highest BCUT2D eigenvalue weighted by molar-refractivity contribution is 5.77. The van der Waals surface area contributed by atoms with Gasteiger partial charge >= 0.3 is 5.97 Å². The molecule has 1 saturated carbocycles. The number of amides is 1. The number of carbonyl (C=O) groups excluding carboxylic acids is 1. The SMILES string of the molecule is CCC(CNC(=O)CC1CCCCC1)C(=O)O. The van der Waals surface area contributed by atoms with Crippen LogP contribution in [0.4, 0.5) is 0 Å². The van der Waals surface area contributed by atoms with Crippen LogP contribution < -0.4 is 5.32 Å². The molecule has 1 amide bonds. The van der Waals surface area contributed by atoms with E-state index in [1.807, 2.05) is 6.92 Å². The van der Waals surface area contributed by atoms with Crippen molar-refractivity contribution in [1.82, 2.24) is 5.32 Å². The number of carboxylic acid groups (broad SMARTS) is 1. The van der Waals surface area contributed by atoms with Crippen molar-refractivity contribution >= 4 is 11.9 Å². The number of hydrogen-bond acceptors (Lipinski definition) is 2. The van der Waals surface area contributed by atoms with Crippen molar-refractivity contribution in [3.05, 3.63) is 0 Å². The summed E-state index contributed by atoms with van der Waals surface area (Å²) in [6, 6.07) is 0. The normalized spacial score (nSPS) is 18.6. The van der Waals surface area contributed by atoms with E-state index in [-0.39, 0.29) is 12.5 Å². The third-order valence-electron chi connectivity index (χ3n) is 3.59. The standard InChI is InChI=1S/C13H23NO3/c1-2-11(13(16)17)9-14-12(15)8-10-6-4-3-5-7-10/h10-11H,2-9H2,1H3,(H,14,15)(H,16,17). The maximum atomic E-state index is 11.7. The Morgan fingerprint density at radius 1 is 1.29 bits per heavy atom. The van der Waals surface area contributed by atoms with Crippen LogP contribution in [0.3, 0.4) is 0 Å². The van der Waals surface area contributed by atoms with Gasteiger partial charge in [-0.3, -0.25) is 9.59 Å². The minimum Gasteiger partial charge on any atom is -0.481 e. The van der Waals surface area contributed by atoms with Crippen molar-refractivity contribution in [2.45, 2.75) is 51.9 Å². The van der Waals surface area contributed by atoms with Gasteiger partial charge in [0.05, 0.1) is 5.92 Å². The molecule has 1 aliphatic rings. The van der Waals surface area contributed by atoms with E-state index in [0.717, 1.165) is 12.8 Å². The zero-order valence-electron chi connectivity index (χ0n) is 10.6. The summed E-state index contributed by atoms with van der Waals surface area (Å²) in [5.41, 5.74) is 0. The lowest BCUT2D eigenvalue weighted by Gasteiger charge is -2.21. The first kappa shape index (κ1) is 14.0. The van der Waals surface area contributed by atoms with E-state index in [1.165, 1.54) is 19.3 Å². The predicted octanol–water partition coefficient (Wildman–Crippen LogP) is 2.18. The third kappa shape index (κ3) is 5.20. The Hall–Kier alpha value is -1.06. The molecule has 0 aliphatic heterocycles. The quantitative estimate of drug-likeness (QED) is 0.749. The van der Waals surface area contributed by atoms with Gasteiger partial charge in [0.1, 0.15) is 0 Å². The molecule has 98 valence electrons. The van der Waals surface area contributed by atoms with Gasteiger partial charge in [0.25, 0.3) is 0 Å². The Balaban J connectivity index is 2.21. The number of carboxylic acids is 1. The second-order valence-corrected chi connectivity index (χ2v) is 4.96. The fourth-order valence-electron chi connectivity index (χ4n) is 2.37. The van der Waals surface area contributed by atoms with Crippen LogP contribution in [-0.4, -0.2) is 23.5 Å². The lowest BCUT2D eigenvalue weighted by atomic mass is 9.87. The maximum absolute atomic E-state index is 11.7. The van der Waals surface area contributed by atoms with Crippen molar-refractivity contribution in [2.24, 2.45) is 11.8 Å². The molecule has 0 aromatic carbocycles. The Labute approximate surface area is 103 Å². The molecule has 4 nitrogen and oxygen atoms in total. The van der Waals surface area contributed by atoms with Crippen LogP contribution in [0.2, 0.25) is 0 Å². The van der Waals surface area contributed by atoms with E-state index in [2.05, 4.69) is 5.32 Å². The average Bonchev–Trinajstić information content (AvgIpc) is 2.30. The lowest BCUT2D eigenvalue weighted by Crippen LogP contribution is -2.33. The molecule has 17 heavy (non-hydrogen) atoms. The Bertz CT molecular complexity index is 259. The number of rotatable bonds is 6. The summed E-state index contributed by atoms with van der Waals surface area (Å²) in [4.78, 5) is 22.4. The molecule has 1 atom stereocenters. The van der Waals surface area contributed by atoms with Crippen LogP contribution >= 0.6 is 0 Å². The van der Waals surface area contributed by atoms with Crippen LogP contribution in [0.25, 0.3) is 0 Å². The van der Waals surface area contributed by atoms with E-state index >= 15 is 0 Å². The molecule has 1 fully saturated rings.